The molecule has 0 saturated heterocycles. The molecule has 0 bridgehead atoms. The number of carbonyl (C=O) groups is 1. The van der Waals surface area contributed by atoms with Crippen LogP contribution in [0.2, 0.25) is 0 Å². The monoisotopic (exact) mass is 289 g/mol. The molecule has 0 radical (unpaired) electrons. The second kappa shape index (κ2) is 7.87. The standard InChI is InChI=1S/C18H27NO2/c1-15(2)10-9-13-19(17(20)21-18(3,4)5)14-16-11-7-6-8-12-16/h6-12,15H,13-14H2,1-5H3/b10-9+. The highest BCUT2D eigenvalue weighted by molar-refractivity contribution is 5.68. The topological polar surface area (TPSA) is 29.5 Å². The predicted octanol–water partition coefficient (Wildman–Crippen LogP) is 4.64. The average molecular weight is 289 g/mol. The summed E-state index contributed by atoms with van der Waals surface area (Å²) in [4.78, 5) is 14.0. The molecule has 0 saturated carbocycles. The Balaban J connectivity index is 2.76. The van der Waals surface area contributed by atoms with Gasteiger partial charge in [0.05, 0.1) is 0 Å². The number of ether oxygens (including phenoxy) is 1. The highest BCUT2D eigenvalue weighted by Crippen LogP contribution is 2.13. The van der Waals surface area contributed by atoms with Crippen molar-refractivity contribution in [2.45, 2.75) is 46.8 Å². The van der Waals surface area contributed by atoms with Crippen LogP contribution in [0, 0.1) is 5.92 Å². The Bertz CT molecular complexity index is 458. The summed E-state index contributed by atoms with van der Waals surface area (Å²) in [7, 11) is 0. The van der Waals surface area contributed by atoms with Gasteiger partial charge in [-0.05, 0) is 32.3 Å². The van der Waals surface area contributed by atoms with Crippen molar-refractivity contribution < 1.29 is 9.53 Å². The molecule has 0 spiro atoms. The van der Waals surface area contributed by atoms with Gasteiger partial charge in [0.2, 0.25) is 0 Å². The van der Waals surface area contributed by atoms with Gasteiger partial charge in [-0.3, -0.25) is 0 Å². The van der Waals surface area contributed by atoms with Gasteiger partial charge < -0.3 is 9.64 Å². The van der Waals surface area contributed by atoms with Crippen molar-refractivity contribution in [2.24, 2.45) is 5.92 Å². The summed E-state index contributed by atoms with van der Waals surface area (Å²) in [6, 6.07) is 9.96. The fourth-order valence-corrected chi connectivity index (χ4v) is 1.79. The van der Waals surface area contributed by atoms with Crippen LogP contribution in [0.25, 0.3) is 0 Å². The van der Waals surface area contributed by atoms with Gasteiger partial charge in [0.1, 0.15) is 5.60 Å². The normalized spacial score (nSPS) is 11.9. The second-order valence-corrected chi connectivity index (χ2v) is 6.52. The molecular weight excluding hydrogens is 262 g/mol. The molecular formula is C18H27NO2. The molecule has 21 heavy (non-hydrogen) atoms. The van der Waals surface area contributed by atoms with Gasteiger partial charge in [-0.25, -0.2) is 4.79 Å². The Morgan fingerprint density at radius 2 is 1.86 bits per heavy atom. The number of amides is 1. The number of allylic oxidation sites excluding steroid dienone is 1. The zero-order chi connectivity index (χ0) is 15.9. The van der Waals surface area contributed by atoms with Crippen molar-refractivity contribution in [3.8, 4) is 0 Å². The molecule has 0 aromatic heterocycles. The van der Waals surface area contributed by atoms with E-state index in [2.05, 4.69) is 19.9 Å². The minimum atomic E-state index is -0.478. The van der Waals surface area contributed by atoms with E-state index in [1.54, 1.807) is 4.90 Å². The molecule has 0 aliphatic carbocycles. The van der Waals surface area contributed by atoms with Crippen molar-refractivity contribution >= 4 is 6.09 Å². The van der Waals surface area contributed by atoms with E-state index in [0.717, 1.165) is 5.56 Å². The Kier molecular flexibility index (Phi) is 6.47. The summed E-state index contributed by atoms with van der Waals surface area (Å²) in [6.45, 7) is 11.0. The molecule has 0 unspecified atom stereocenters. The lowest BCUT2D eigenvalue weighted by Crippen LogP contribution is -2.36. The van der Waals surface area contributed by atoms with Gasteiger partial charge in [-0.1, -0.05) is 56.3 Å². The van der Waals surface area contributed by atoms with Gasteiger partial charge in [0, 0.05) is 13.1 Å². The van der Waals surface area contributed by atoms with E-state index in [-0.39, 0.29) is 6.09 Å². The molecule has 1 aromatic carbocycles. The Morgan fingerprint density at radius 1 is 1.24 bits per heavy atom. The number of hydrogen-bond acceptors (Lipinski definition) is 2. The number of benzene rings is 1. The molecule has 3 heteroatoms. The average Bonchev–Trinajstić information content (AvgIpc) is 2.36. The van der Waals surface area contributed by atoms with E-state index < -0.39 is 5.60 Å². The van der Waals surface area contributed by atoms with Gasteiger partial charge in [-0.2, -0.15) is 0 Å². The summed E-state index contributed by atoms with van der Waals surface area (Å²) < 4.78 is 5.48. The first-order chi connectivity index (χ1) is 9.78. The predicted molar refractivity (Wildman–Crippen MR) is 87.1 cm³/mol. The maximum atomic E-state index is 12.3. The Morgan fingerprint density at radius 3 is 2.38 bits per heavy atom. The third-order valence-corrected chi connectivity index (χ3v) is 2.71. The fourth-order valence-electron chi connectivity index (χ4n) is 1.79. The van der Waals surface area contributed by atoms with Crippen molar-refractivity contribution in [1.29, 1.82) is 0 Å². The van der Waals surface area contributed by atoms with Crippen LogP contribution < -0.4 is 0 Å². The summed E-state index contributed by atoms with van der Waals surface area (Å²) in [5.41, 5.74) is 0.620. The lowest BCUT2D eigenvalue weighted by atomic mass is 10.2. The lowest BCUT2D eigenvalue weighted by Gasteiger charge is -2.26. The number of rotatable bonds is 5. The third kappa shape index (κ3) is 7.54. The van der Waals surface area contributed by atoms with E-state index >= 15 is 0 Å². The van der Waals surface area contributed by atoms with Crippen molar-refractivity contribution in [1.82, 2.24) is 4.90 Å². The Hall–Kier alpha value is -1.77. The first kappa shape index (κ1) is 17.3. The number of carbonyl (C=O) groups excluding carboxylic acids is 1. The largest absolute Gasteiger partial charge is 0.444 e. The molecule has 1 rings (SSSR count). The van der Waals surface area contributed by atoms with E-state index in [1.807, 2.05) is 57.2 Å². The van der Waals surface area contributed by atoms with E-state index in [0.29, 0.717) is 19.0 Å². The van der Waals surface area contributed by atoms with Crippen LogP contribution in [-0.4, -0.2) is 23.1 Å². The summed E-state index contributed by atoms with van der Waals surface area (Å²) in [5.74, 6) is 0.474. The molecule has 116 valence electrons. The van der Waals surface area contributed by atoms with Crippen LogP contribution >= 0.6 is 0 Å². The minimum Gasteiger partial charge on any atom is -0.444 e. The number of hydrogen-bond donors (Lipinski definition) is 0. The van der Waals surface area contributed by atoms with E-state index in [1.165, 1.54) is 0 Å². The van der Waals surface area contributed by atoms with Crippen LogP contribution in [0.15, 0.2) is 42.5 Å². The van der Waals surface area contributed by atoms with Crippen LogP contribution in [0.5, 0.6) is 0 Å². The Labute approximate surface area is 128 Å². The third-order valence-electron chi connectivity index (χ3n) is 2.71. The molecule has 0 aliphatic heterocycles. The van der Waals surface area contributed by atoms with Gasteiger partial charge in [-0.15, -0.1) is 0 Å². The van der Waals surface area contributed by atoms with E-state index in [4.69, 9.17) is 4.74 Å². The molecule has 0 heterocycles. The number of nitrogens with zero attached hydrogens (tertiary/aromatic N) is 1. The lowest BCUT2D eigenvalue weighted by molar-refractivity contribution is 0.0256. The first-order valence-corrected chi connectivity index (χ1v) is 7.46. The molecule has 1 amide bonds. The fraction of sp³-hybridized carbons (Fsp3) is 0.500. The molecule has 1 aromatic rings. The van der Waals surface area contributed by atoms with Crippen molar-refractivity contribution in [2.75, 3.05) is 6.54 Å². The first-order valence-electron chi connectivity index (χ1n) is 7.46. The van der Waals surface area contributed by atoms with Crippen LogP contribution in [0.1, 0.15) is 40.2 Å². The van der Waals surface area contributed by atoms with Crippen LogP contribution in [0.3, 0.4) is 0 Å². The maximum Gasteiger partial charge on any atom is 0.410 e. The molecule has 3 nitrogen and oxygen atoms in total. The van der Waals surface area contributed by atoms with E-state index in [9.17, 15) is 4.79 Å². The summed E-state index contributed by atoms with van der Waals surface area (Å²) in [5, 5.41) is 0. The maximum absolute atomic E-state index is 12.3. The van der Waals surface area contributed by atoms with Gasteiger partial charge in [0.15, 0.2) is 0 Å². The second-order valence-electron chi connectivity index (χ2n) is 6.52. The summed E-state index contributed by atoms with van der Waals surface area (Å²) >= 11 is 0. The van der Waals surface area contributed by atoms with Crippen molar-refractivity contribution in [3.05, 3.63) is 48.0 Å². The highest BCUT2D eigenvalue weighted by atomic mass is 16.6. The van der Waals surface area contributed by atoms with Crippen LogP contribution in [0.4, 0.5) is 4.79 Å². The minimum absolute atomic E-state index is 0.278. The highest BCUT2D eigenvalue weighted by Gasteiger charge is 2.21. The van der Waals surface area contributed by atoms with Crippen LogP contribution in [-0.2, 0) is 11.3 Å². The zero-order valence-electron chi connectivity index (χ0n) is 13.8. The SMILES string of the molecule is CC(C)/C=C/CN(Cc1ccccc1)C(=O)OC(C)(C)C. The molecule has 0 fully saturated rings. The zero-order valence-corrected chi connectivity index (χ0v) is 13.8. The van der Waals surface area contributed by atoms with Gasteiger partial charge >= 0.3 is 6.09 Å². The summed E-state index contributed by atoms with van der Waals surface area (Å²) in [6.07, 6.45) is 3.85. The van der Waals surface area contributed by atoms with Crippen molar-refractivity contribution in [3.63, 3.8) is 0 Å². The molecule has 0 atom stereocenters. The smallest absolute Gasteiger partial charge is 0.410 e. The molecule has 0 aliphatic rings. The quantitative estimate of drug-likeness (QED) is 0.739. The van der Waals surface area contributed by atoms with Gasteiger partial charge in [0.25, 0.3) is 0 Å². The molecule has 0 N–H and O–H groups in total.